The highest BCUT2D eigenvalue weighted by atomic mass is 16.5. The monoisotopic (exact) mass is 253 g/mol. The summed E-state index contributed by atoms with van der Waals surface area (Å²) in [4.78, 5) is 11.5. The van der Waals surface area contributed by atoms with Crippen LogP contribution in [0.4, 0.5) is 0 Å². The number of rotatable bonds is 7. The quantitative estimate of drug-likeness (QED) is 0.560. The van der Waals surface area contributed by atoms with Crippen molar-refractivity contribution in [3.63, 3.8) is 0 Å². The standard InChI is InChI=1S/C15H27NO2/c1-5-13(14(17)18-4)16-11-15(10-12(2)3)8-6-7-9-15/h5,12-13,16H,1,6-11H2,2-4H3. The van der Waals surface area contributed by atoms with Crippen LogP contribution in [0.1, 0.15) is 46.0 Å². The third-order valence-electron chi connectivity index (χ3n) is 3.89. The summed E-state index contributed by atoms with van der Waals surface area (Å²) in [7, 11) is 1.42. The molecule has 0 aromatic carbocycles. The Labute approximate surface area is 111 Å². The molecule has 0 aromatic rings. The van der Waals surface area contributed by atoms with Crippen molar-refractivity contribution < 1.29 is 9.53 Å². The Morgan fingerprint density at radius 1 is 1.44 bits per heavy atom. The Morgan fingerprint density at radius 3 is 2.50 bits per heavy atom. The highest BCUT2D eigenvalue weighted by Crippen LogP contribution is 2.42. The number of hydrogen-bond acceptors (Lipinski definition) is 3. The first-order valence-corrected chi connectivity index (χ1v) is 6.97. The Hall–Kier alpha value is -0.830. The average molecular weight is 253 g/mol. The van der Waals surface area contributed by atoms with Gasteiger partial charge in [-0.05, 0) is 30.6 Å². The summed E-state index contributed by atoms with van der Waals surface area (Å²) >= 11 is 0. The predicted octanol–water partition coefficient (Wildman–Crippen LogP) is 2.91. The fourth-order valence-electron chi connectivity index (χ4n) is 3.16. The van der Waals surface area contributed by atoms with E-state index in [9.17, 15) is 4.79 Å². The van der Waals surface area contributed by atoms with E-state index < -0.39 is 0 Å². The van der Waals surface area contributed by atoms with Gasteiger partial charge < -0.3 is 10.1 Å². The molecule has 3 heteroatoms. The van der Waals surface area contributed by atoms with E-state index >= 15 is 0 Å². The molecule has 0 amide bonds. The van der Waals surface area contributed by atoms with Gasteiger partial charge in [-0.15, -0.1) is 6.58 Å². The molecule has 0 saturated heterocycles. The van der Waals surface area contributed by atoms with Crippen LogP contribution in [0, 0.1) is 11.3 Å². The van der Waals surface area contributed by atoms with E-state index in [1.807, 2.05) is 0 Å². The van der Waals surface area contributed by atoms with Crippen LogP contribution in [0.15, 0.2) is 12.7 Å². The van der Waals surface area contributed by atoms with Crippen molar-refractivity contribution in [1.82, 2.24) is 5.32 Å². The molecule has 0 spiro atoms. The maximum Gasteiger partial charge on any atom is 0.326 e. The van der Waals surface area contributed by atoms with Gasteiger partial charge in [-0.2, -0.15) is 0 Å². The largest absolute Gasteiger partial charge is 0.468 e. The molecule has 1 fully saturated rings. The van der Waals surface area contributed by atoms with Crippen molar-refractivity contribution in [1.29, 1.82) is 0 Å². The molecule has 1 saturated carbocycles. The van der Waals surface area contributed by atoms with Crippen LogP contribution in [0.5, 0.6) is 0 Å². The molecular formula is C15H27NO2. The van der Waals surface area contributed by atoms with Crippen LogP contribution in [-0.4, -0.2) is 25.7 Å². The van der Waals surface area contributed by atoms with E-state index in [0.29, 0.717) is 11.3 Å². The number of carbonyl (C=O) groups is 1. The van der Waals surface area contributed by atoms with E-state index in [2.05, 4.69) is 25.7 Å². The fourth-order valence-corrected chi connectivity index (χ4v) is 3.16. The van der Waals surface area contributed by atoms with Crippen LogP contribution < -0.4 is 5.32 Å². The molecule has 1 aliphatic rings. The van der Waals surface area contributed by atoms with E-state index in [1.54, 1.807) is 6.08 Å². The summed E-state index contributed by atoms with van der Waals surface area (Å²) < 4.78 is 4.76. The van der Waals surface area contributed by atoms with E-state index in [4.69, 9.17) is 4.74 Å². The summed E-state index contributed by atoms with van der Waals surface area (Å²) in [6.45, 7) is 9.12. The molecule has 0 heterocycles. The van der Waals surface area contributed by atoms with Crippen molar-refractivity contribution in [2.45, 2.75) is 52.0 Å². The summed E-state index contributed by atoms with van der Waals surface area (Å²) in [5.74, 6) is 0.452. The van der Waals surface area contributed by atoms with Gasteiger partial charge >= 0.3 is 5.97 Å². The Balaban J connectivity index is 2.56. The van der Waals surface area contributed by atoms with Crippen molar-refractivity contribution in [3.05, 3.63) is 12.7 Å². The second-order valence-corrected chi connectivity index (χ2v) is 5.92. The predicted molar refractivity (Wildman–Crippen MR) is 74.4 cm³/mol. The number of hydrogen-bond donors (Lipinski definition) is 1. The minimum atomic E-state index is -0.375. The Morgan fingerprint density at radius 2 is 2.06 bits per heavy atom. The van der Waals surface area contributed by atoms with Gasteiger partial charge in [0.25, 0.3) is 0 Å². The van der Waals surface area contributed by atoms with Crippen molar-refractivity contribution in [2.75, 3.05) is 13.7 Å². The molecule has 1 unspecified atom stereocenters. The van der Waals surface area contributed by atoms with Crippen molar-refractivity contribution in [3.8, 4) is 0 Å². The highest BCUT2D eigenvalue weighted by Gasteiger charge is 2.35. The maximum atomic E-state index is 11.5. The summed E-state index contributed by atoms with van der Waals surface area (Å²) in [6, 6.07) is -0.375. The van der Waals surface area contributed by atoms with Gasteiger partial charge in [0.2, 0.25) is 0 Å². The minimum absolute atomic E-state index is 0.248. The topological polar surface area (TPSA) is 38.3 Å². The second-order valence-electron chi connectivity index (χ2n) is 5.92. The number of nitrogens with one attached hydrogen (secondary N) is 1. The molecular weight excluding hydrogens is 226 g/mol. The second kappa shape index (κ2) is 6.93. The lowest BCUT2D eigenvalue weighted by atomic mass is 9.78. The van der Waals surface area contributed by atoms with Gasteiger partial charge in [0.1, 0.15) is 6.04 Å². The van der Waals surface area contributed by atoms with Gasteiger partial charge in [0, 0.05) is 6.54 Å². The molecule has 3 nitrogen and oxygen atoms in total. The summed E-state index contributed by atoms with van der Waals surface area (Å²) in [5.41, 5.74) is 0.365. The first kappa shape index (κ1) is 15.2. The van der Waals surface area contributed by atoms with E-state index in [1.165, 1.54) is 39.2 Å². The van der Waals surface area contributed by atoms with Crippen LogP contribution >= 0.6 is 0 Å². The summed E-state index contributed by atoms with van der Waals surface area (Å²) in [5, 5.41) is 3.32. The number of carbonyl (C=O) groups excluding carboxylic acids is 1. The maximum absolute atomic E-state index is 11.5. The molecule has 1 N–H and O–H groups in total. The smallest absolute Gasteiger partial charge is 0.326 e. The first-order valence-electron chi connectivity index (χ1n) is 6.97. The van der Waals surface area contributed by atoms with Crippen molar-refractivity contribution >= 4 is 5.97 Å². The zero-order chi connectivity index (χ0) is 13.6. The highest BCUT2D eigenvalue weighted by molar-refractivity contribution is 5.77. The lowest BCUT2D eigenvalue weighted by molar-refractivity contribution is -0.141. The molecule has 0 aromatic heterocycles. The Bertz CT molecular complexity index is 280. The molecule has 0 radical (unpaired) electrons. The first-order chi connectivity index (χ1) is 8.53. The van der Waals surface area contributed by atoms with Crippen LogP contribution in [-0.2, 0) is 9.53 Å². The Kier molecular flexibility index (Phi) is 5.86. The zero-order valence-electron chi connectivity index (χ0n) is 12.0. The molecule has 0 bridgehead atoms. The average Bonchev–Trinajstić information content (AvgIpc) is 2.77. The van der Waals surface area contributed by atoms with Gasteiger partial charge in [-0.1, -0.05) is 32.8 Å². The number of methoxy groups -OCH3 is 1. The normalized spacial score (nSPS) is 19.8. The zero-order valence-corrected chi connectivity index (χ0v) is 12.0. The van der Waals surface area contributed by atoms with Gasteiger partial charge in [-0.3, -0.25) is 4.79 Å². The molecule has 18 heavy (non-hydrogen) atoms. The van der Waals surface area contributed by atoms with Gasteiger partial charge in [0.15, 0.2) is 0 Å². The molecule has 1 rings (SSSR count). The molecule has 1 aliphatic carbocycles. The lowest BCUT2D eigenvalue weighted by Crippen LogP contribution is -2.42. The lowest BCUT2D eigenvalue weighted by Gasteiger charge is -2.32. The fraction of sp³-hybridized carbons (Fsp3) is 0.800. The minimum Gasteiger partial charge on any atom is -0.468 e. The number of esters is 1. The van der Waals surface area contributed by atoms with E-state index in [-0.39, 0.29) is 12.0 Å². The third kappa shape index (κ3) is 4.13. The van der Waals surface area contributed by atoms with Crippen LogP contribution in [0.2, 0.25) is 0 Å². The van der Waals surface area contributed by atoms with Crippen LogP contribution in [0.3, 0.4) is 0 Å². The third-order valence-corrected chi connectivity index (χ3v) is 3.89. The van der Waals surface area contributed by atoms with E-state index in [0.717, 1.165) is 6.54 Å². The molecule has 1 atom stereocenters. The summed E-state index contributed by atoms with van der Waals surface area (Å²) in [6.07, 6.45) is 8.01. The molecule has 0 aliphatic heterocycles. The van der Waals surface area contributed by atoms with Gasteiger partial charge in [0.05, 0.1) is 7.11 Å². The van der Waals surface area contributed by atoms with Crippen LogP contribution in [0.25, 0.3) is 0 Å². The number of ether oxygens (including phenoxy) is 1. The SMILES string of the molecule is C=CC(NCC1(CC(C)C)CCCC1)C(=O)OC. The van der Waals surface area contributed by atoms with Gasteiger partial charge in [-0.25, -0.2) is 0 Å². The van der Waals surface area contributed by atoms with Crippen molar-refractivity contribution in [2.24, 2.45) is 11.3 Å². The molecule has 104 valence electrons.